The lowest BCUT2D eigenvalue weighted by atomic mass is 10.0. The number of benzene rings is 2. The topological polar surface area (TPSA) is 44.0 Å². The van der Waals surface area contributed by atoms with Crippen molar-refractivity contribution in [2.24, 2.45) is 0 Å². The van der Waals surface area contributed by atoms with Crippen molar-refractivity contribution in [1.82, 2.24) is 0 Å². The monoisotopic (exact) mass is 231 g/mol. The zero-order valence-corrected chi connectivity index (χ0v) is 8.61. The number of hydrogen-bond acceptors (Lipinski definition) is 2. The average molecular weight is 231 g/mol. The lowest BCUT2D eigenvalue weighted by molar-refractivity contribution is 0.432. The number of hydrogen-bond donors (Lipinski definition) is 1. The molecule has 0 heterocycles. The Hall–Kier alpha value is -2.41. The molecule has 0 aliphatic rings. The number of phenols is 1. The molecule has 2 aromatic carbocycles. The van der Waals surface area contributed by atoms with Gasteiger partial charge < -0.3 is 5.11 Å². The lowest BCUT2D eigenvalue weighted by Crippen LogP contribution is -1.85. The van der Waals surface area contributed by atoms with Crippen LogP contribution in [-0.4, -0.2) is 5.11 Å². The maximum absolute atomic E-state index is 13.2. The summed E-state index contributed by atoms with van der Waals surface area (Å²) < 4.78 is 26.3. The molecule has 2 nitrogen and oxygen atoms in total. The molecule has 4 heteroatoms. The predicted octanol–water partition coefficient (Wildman–Crippen LogP) is 3.21. The number of aromatic hydroxyl groups is 1. The van der Waals surface area contributed by atoms with E-state index in [1.54, 1.807) is 0 Å². The second kappa shape index (κ2) is 4.22. The number of nitrogens with zero attached hydrogens (tertiary/aromatic N) is 1. The van der Waals surface area contributed by atoms with Crippen LogP contribution in [0.3, 0.4) is 0 Å². The molecule has 1 N–H and O–H groups in total. The van der Waals surface area contributed by atoms with Crippen LogP contribution in [0.2, 0.25) is 0 Å². The smallest absolute Gasteiger partial charge is 0.165 e. The first-order valence-corrected chi connectivity index (χ1v) is 4.80. The van der Waals surface area contributed by atoms with Gasteiger partial charge in [0.2, 0.25) is 0 Å². The van der Waals surface area contributed by atoms with Gasteiger partial charge in [0, 0.05) is 0 Å². The summed E-state index contributed by atoms with van der Waals surface area (Å²) in [5, 5.41) is 17.7. The maximum atomic E-state index is 13.2. The van der Waals surface area contributed by atoms with Gasteiger partial charge in [-0.15, -0.1) is 0 Å². The average Bonchev–Trinajstić information content (AvgIpc) is 2.32. The van der Waals surface area contributed by atoms with Crippen molar-refractivity contribution in [3.8, 4) is 22.9 Å². The number of rotatable bonds is 1. The van der Waals surface area contributed by atoms with E-state index in [-0.39, 0.29) is 5.56 Å². The van der Waals surface area contributed by atoms with Crippen molar-refractivity contribution in [1.29, 1.82) is 5.26 Å². The minimum absolute atomic E-state index is 0.161. The van der Waals surface area contributed by atoms with E-state index in [2.05, 4.69) is 0 Å². The molecule has 2 aromatic rings. The Morgan fingerprint density at radius 2 is 1.76 bits per heavy atom. The van der Waals surface area contributed by atoms with Crippen LogP contribution in [-0.2, 0) is 0 Å². The predicted molar refractivity (Wildman–Crippen MR) is 58.2 cm³/mol. The molecule has 0 atom stereocenters. The fourth-order valence-corrected chi connectivity index (χ4v) is 1.51. The first-order valence-electron chi connectivity index (χ1n) is 4.80. The van der Waals surface area contributed by atoms with Gasteiger partial charge in [0.05, 0.1) is 11.6 Å². The van der Waals surface area contributed by atoms with Gasteiger partial charge in [-0.1, -0.05) is 6.07 Å². The molecule has 0 unspecified atom stereocenters. The zero-order valence-electron chi connectivity index (χ0n) is 8.61. The van der Waals surface area contributed by atoms with Gasteiger partial charge in [0.1, 0.15) is 5.82 Å². The molecule has 0 aliphatic heterocycles. The molecule has 0 saturated carbocycles. The molecular weight excluding hydrogens is 224 g/mol. The van der Waals surface area contributed by atoms with Gasteiger partial charge in [-0.2, -0.15) is 5.26 Å². The summed E-state index contributed by atoms with van der Waals surface area (Å²) in [7, 11) is 0. The Bertz CT molecular complexity index is 617. The first kappa shape index (κ1) is 11.1. The van der Waals surface area contributed by atoms with Crippen LogP contribution < -0.4 is 0 Å². The summed E-state index contributed by atoms with van der Waals surface area (Å²) in [5.74, 6) is -1.82. The quantitative estimate of drug-likeness (QED) is 0.818. The van der Waals surface area contributed by atoms with Crippen LogP contribution in [0.25, 0.3) is 11.1 Å². The zero-order chi connectivity index (χ0) is 12.4. The van der Waals surface area contributed by atoms with E-state index >= 15 is 0 Å². The normalized spacial score (nSPS) is 9.94. The van der Waals surface area contributed by atoms with Gasteiger partial charge in [0.25, 0.3) is 0 Å². The maximum Gasteiger partial charge on any atom is 0.165 e. The number of phenolic OH excluding ortho intramolecular Hbond substituents is 1. The second-order valence-electron chi connectivity index (χ2n) is 3.51. The van der Waals surface area contributed by atoms with Crippen molar-refractivity contribution >= 4 is 0 Å². The summed E-state index contributed by atoms with van der Waals surface area (Å²) in [4.78, 5) is 0. The van der Waals surface area contributed by atoms with E-state index < -0.39 is 17.4 Å². The van der Waals surface area contributed by atoms with E-state index in [0.29, 0.717) is 11.1 Å². The van der Waals surface area contributed by atoms with Gasteiger partial charge in [-0.3, -0.25) is 0 Å². The lowest BCUT2D eigenvalue weighted by Gasteiger charge is -2.04. The van der Waals surface area contributed by atoms with Crippen LogP contribution >= 0.6 is 0 Å². The molecule has 0 aliphatic carbocycles. The van der Waals surface area contributed by atoms with Crippen molar-refractivity contribution in [3.05, 3.63) is 53.6 Å². The highest BCUT2D eigenvalue weighted by Crippen LogP contribution is 2.26. The molecule has 0 bridgehead atoms. The van der Waals surface area contributed by atoms with Crippen LogP contribution in [0.5, 0.6) is 5.75 Å². The molecule has 17 heavy (non-hydrogen) atoms. The Kier molecular flexibility index (Phi) is 2.75. The second-order valence-corrected chi connectivity index (χ2v) is 3.51. The summed E-state index contributed by atoms with van der Waals surface area (Å²) in [5.41, 5.74) is 0.949. The highest BCUT2D eigenvalue weighted by Gasteiger charge is 2.06. The Morgan fingerprint density at radius 1 is 1.00 bits per heavy atom. The van der Waals surface area contributed by atoms with Gasteiger partial charge in [0.15, 0.2) is 11.6 Å². The van der Waals surface area contributed by atoms with Crippen LogP contribution in [0.15, 0.2) is 36.4 Å². The van der Waals surface area contributed by atoms with Gasteiger partial charge >= 0.3 is 0 Å². The molecule has 0 spiro atoms. The SMILES string of the molecule is N#Cc1cc(F)cc(-c2ccc(O)c(F)c2)c1. The largest absolute Gasteiger partial charge is 0.505 e. The fourth-order valence-electron chi connectivity index (χ4n) is 1.51. The fraction of sp³-hybridized carbons (Fsp3) is 0. The first-order chi connectivity index (χ1) is 8.10. The molecule has 2 rings (SSSR count). The van der Waals surface area contributed by atoms with E-state index in [0.717, 1.165) is 12.1 Å². The minimum atomic E-state index is -0.787. The molecule has 0 saturated heterocycles. The molecule has 0 aromatic heterocycles. The number of halogens is 2. The highest BCUT2D eigenvalue weighted by molar-refractivity contribution is 5.66. The van der Waals surface area contributed by atoms with E-state index in [4.69, 9.17) is 10.4 Å². The highest BCUT2D eigenvalue weighted by atomic mass is 19.1. The van der Waals surface area contributed by atoms with Crippen LogP contribution in [0.1, 0.15) is 5.56 Å². The molecule has 0 radical (unpaired) electrons. The van der Waals surface area contributed by atoms with E-state index in [9.17, 15) is 8.78 Å². The van der Waals surface area contributed by atoms with Crippen molar-refractivity contribution in [2.75, 3.05) is 0 Å². The van der Waals surface area contributed by atoms with Crippen molar-refractivity contribution in [2.45, 2.75) is 0 Å². The summed E-state index contributed by atoms with van der Waals surface area (Å²) >= 11 is 0. The minimum Gasteiger partial charge on any atom is -0.505 e. The summed E-state index contributed by atoms with van der Waals surface area (Å²) in [6.45, 7) is 0. The van der Waals surface area contributed by atoms with Gasteiger partial charge in [-0.25, -0.2) is 8.78 Å². The van der Waals surface area contributed by atoms with E-state index in [1.165, 1.54) is 24.3 Å². The Morgan fingerprint density at radius 3 is 2.41 bits per heavy atom. The molecule has 0 amide bonds. The van der Waals surface area contributed by atoms with Crippen molar-refractivity contribution in [3.63, 3.8) is 0 Å². The van der Waals surface area contributed by atoms with E-state index in [1.807, 2.05) is 6.07 Å². The number of nitriles is 1. The standard InChI is InChI=1S/C13H7F2NO/c14-11-4-8(7-16)3-10(5-11)9-1-2-13(17)12(15)6-9/h1-6,17H. The van der Waals surface area contributed by atoms with Crippen LogP contribution in [0, 0.1) is 23.0 Å². The third kappa shape index (κ3) is 2.23. The van der Waals surface area contributed by atoms with Gasteiger partial charge in [-0.05, 0) is 41.5 Å². The third-order valence-electron chi connectivity index (χ3n) is 2.31. The third-order valence-corrected chi connectivity index (χ3v) is 2.31. The summed E-state index contributed by atoms with van der Waals surface area (Å²) in [6, 6.07) is 9.30. The van der Waals surface area contributed by atoms with Crippen molar-refractivity contribution < 1.29 is 13.9 Å². The Labute approximate surface area is 96.4 Å². The van der Waals surface area contributed by atoms with Crippen LogP contribution in [0.4, 0.5) is 8.78 Å². The molecule has 84 valence electrons. The summed E-state index contributed by atoms with van der Waals surface area (Å²) in [6.07, 6.45) is 0. The molecular formula is C13H7F2NO. The molecule has 0 fully saturated rings. The Balaban J connectivity index is 2.56.